The number of nitrogens with one attached hydrogen (secondary N) is 1. The number of rotatable bonds is 9. The van der Waals surface area contributed by atoms with Crippen LogP contribution in [0.25, 0.3) is 0 Å². The fourth-order valence-corrected chi connectivity index (χ4v) is 6.41. The first-order valence-electron chi connectivity index (χ1n) is 10.2. The minimum atomic E-state index is -4.11. The summed E-state index contributed by atoms with van der Waals surface area (Å²) in [6.07, 6.45) is 2.54. The standard InChI is InChI=1S/C21H28N2O7S2/c1-4-30-19-10-8-16(14-21(19)32(26,27)23-12-6-5-7-13-23)22-31(24,25)20-15-17(28-2)9-11-18(20)29-3/h8-11,14-15,22H,4-7,12-13H2,1-3H3. The van der Waals surface area contributed by atoms with Crippen molar-refractivity contribution in [2.45, 2.75) is 36.0 Å². The van der Waals surface area contributed by atoms with Crippen LogP contribution < -0.4 is 18.9 Å². The van der Waals surface area contributed by atoms with Gasteiger partial charge in [0, 0.05) is 19.2 Å². The third-order valence-electron chi connectivity index (χ3n) is 5.09. The number of anilines is 1. The second-order valence-corrected chi connectivity index (χ2v) is 10.7. The van der Waals surface area contributed by atoms with Crippen molar-refractivity contribution in [1.29, 1.82) is 0 Å². The molecule has 0 saturated carbocycles. The maximum absolute atomic E-state index is 13.3. The smallest absolute Gasteiger partial charge is 0.265 e. The normalized spacial score (nSPS) is 15.2. The van der Waals surface area contributed by atoms with Gasteiger partial charge in [-0.25, -0.2) is 16.8 Å². The van der Waals surface area contributed by atoms with Gasteiger partial charge in [0.25, 0.3) is 10.0 Å². The third-order valence-corrected chi connectivity index (χ3v) is 8.41. The maximum Gasteiger partial charge on any atom is 0.265 e. The average Bonchev–Trinajstić information content (AvgIpc) is 2.80. The molecule has 176 valence electrons. The molecule has 2 aromatic rings. The van der Waals surface area contributed by atoms with Crippen molar-refractivity contribution in [1.82, 2.24) is 4.31 Å². The predicted molar refractivity (Wildman–Crippen MR) is 121 cm³/mol. The summed E-state index contributed by atoms with van der Waals surface area (Å²) in [5, 5.41) is 0. The lowest BCUT2D eigenvalue weighted by atomic mass is 10.2. The fraction of sp³-hybridized carbons (Fsp3) is 0.429. The molecule has 1 heterocycles. The monoisotopic (exact) mass is 484 g/mol. The first kappa shape index (κ1) is 24.1. The topological polar surface area (TPSA) is 111 Å². The van der Waals surface area contributed by atoms with Crippen molar-refractivity contribution in [3.05, 3.63) is 36.4 Å². The highest BCUT2D eigenvalue weighted by Crippen LogP contribution is 2.34. The molecule has 9 nitrogen and oxygen atoms in total. The molecular formula is C21H28N2O7S2. The fourth-order valence-electron chi connectivity index (χ4n) is 3.50. The number of hydrogen-bond acceptors (Lipinski definition) is 7. The zero-order valence-electron chi connectivity index (χ0n) is 18.3. The van der Waals surface area contributed by atoms with Gasteiger partial charge in [0.05, 0.1) is 26.5 Å². The van der Waals surface area contributed by atoms with Gasteiger partial charge in [-0.15, -0.1) is 0 Å². The van der Waals surface area contributed by atoms with Crippen LogP contribution in [-0.2, 0) is 20.0 Å². The summed E-state index contributed by atoms with van der Waals surface area (Å²) in [5.41, 5.74) is 0.0916. The second-order valence-electron chi connectivity index (χ2n) is 7.18. The minimum absolute atomic E-state index is 0.0703. The molecule has 1 aliphatic rings. The van der Waals surface area contributed by atoms with E-state index in [0.717, 1.165) is 19.3 Å². The summed E-state index contributed by atoms with van der Waals surface area (Å²) in [6, 6.07) is 8.61. The van der Waals surface area contributed by atoms with E-state index >= 15 is 0 Å². The minimum Gasteiger partial charge on any atom is -0.497 e. The Kier molecular flexibility index (Phi) is 7.52. The molecule has 0 amide bonds. The van der Waals surface area contributed by atoms with Crippen LogP contribution in [0.3, 0.4) is 0 Å². The highest BCUT2D eigenvalue weighted by molar-refractivity contribution is 7.92. The molecule has 1 aliphatic heterocycles. The second kappa shape index (κ2) is 9.97. The summed E-state index contributed by atoms with van der Waals surface area (Å²) in [4.78, 5) is -0.201. The van der Waals surface area contributed by atoms with Crippen molar-refractivity contribution in [3.8, 4) is 17.2 Å². The van der Waals surface area contributed by atoms with E-state index in [1.54, 1.807) is 13.0 Å². The van der Waals surface area contributed by atoms with E-state index < -0.39 is 20.0 Å². The van der Waals surface area contributed by atoms with E-state index in [1.807, 2.05) is 0 Å². The first-order valence-corrected chi connectivity index (χ1v) is 13.2. The zero-order valence-corrected chi connectivity index (χ0v) is 20.0. The number of sulfonamides is 2. The molecule has 3 rings (SSSR count). The molecule has 0 bridgehead atoms. The quantitative estimate of drug-likeness (QED) is 0.582. The van der Waals surface area contributed by atoms with Crippen LogP contribution in [0.5, 0.6) is 17.2 Å². The lowest BCUT2D eigenvalue weighted by molar-refractivity contribution is 0.323. The average molecular weight is 485 g/mol. The van der Waals surface area contributed by atoms with Crippen LogP contribution in [0.2, 0.25) is 0 Å². The summed E-state index contributed by atoms with van der Waals surface area (Å²) < 4.78 is 72.4. The zero-order chi connectivity index (χ0) is 23.4. The Labute approximate surface area is 189 Å². The Morgan fingerprint density at radius 3 is 2.19 bits per heavy atom. The number of methoxy groups -OCH3 is 2. The van der Waals surface area contributed by atoms with Crippen molar-refractivity contribution in [2.75, 3.05) is 38.6 Å². The van der Waals surface area contributed by atoms with Gasteiger partial charge in [0.1, 0.15) is 27.0 Å². The summed E-state index contributed by atoms with van der Waals surface area (Å²) >= 11 is 0. The molecule has 0 aliphatic carbocycles. The highest BCUT2D eigenvalue weighted by Gasteiger charge is 2.30. The number of piperidine rings is 1. The van der Waals surface area contributed by atoms with Crippen molar-refractivity contribution in [3.63, 3.8) is 0 Å². The van der Waals surface area contributed by atoms with E-state index in [1.165, 1.54) is 48.9 Å². The molecule has 0 spiro atoms. The Balaban J connectivity index is 2.02. The Morgan fingerprint density at radius 2 is 1.56 bits per heavy atom. The van der Waals surface area contributed by atoms with Gasteiger partial charge in [-0.3, -0.25) is 4.72 Å². The van der Waals surface area contributed by atoms with Crippen LogP contribution in [0.1, 0.15) is 26.2 Å². The molecule has 11 heteroatoms. The van der Waals surface area contributed by atoms with Crippen LogP contribution in [0, 0.1) is 0 Å². The van der Waals surface area contributed by atoms with Gasteiger partial charge in [-0.05, 0) is 50.1 Å². The molecule has 0 atom stereocenters. The van der Waals surface area contributed by atoms with Crippen LogP contribution in [0.15, 0.2) is 46.2 Å². The van der Waals surface area contributed by atoms with Gasteiger partial charge in [-0.1, -0.05) is 6.42 Å². The van der Waals surface area contributed by atoms with Crippen molar-refractivity contribution >= 4 is 25.7 Å². The van der Waals surface area contributed by atoms with Gasteiger partial charge in [0.15, 0.2) is 0 Å². The summed E-state index contributed by atoms with van der Waals surface area (Å²) in [7, 11) is -5.17. The van der Waals surface area contributed by atoms with E-state index in [4.69, 9.17) is 14.2 Å². The van der Waals surface area contributed by atoms with Crippen LogP contribution in [0.4, 0.5) is 5.69 Å². The van der Waals surface area contributed by atoms with E-state index in [2.05, 4.69) is 4.72 Å². The molecule has 1 N–H and O–H groups in total. The van der Waals surface area contributed by atoms with E-state index in [0.29, 0.717) is 18.8 Å². The maximum atomic E-state index is 13.3. The predicted octanol–water partition coefficient (Wildman–Crippen LogP) is 3.08. The molecule has 0 aromatic heterocycles. The van der Waals surface area contributed by atoms with Crippen LogP contribution in [-0.4, -0.2) is 55.1 Å². The first-order chi connectivity index (χ1) is 15.2. The largest absolute Gasteiger partial charge is 0.497 e. The molecular weight excluding hydrogens is 456 g/mol. The van der Waals surface area contributed by atoms with Gasteiger partial charge < -0.3 is 14.2 Å². The highest BCUT2D eigenvalue weighted by atomic mass is 32.2. The molecule has 1 saturated heterocycles. The molecule has 2 aromatic carbocycles. The van der Waals surface area contributed by atoms with Gasteiger partial charge >= 0.3 is 0 Å². The van der Waals surface area contributed by atoms with Gasteiger partial charge in [-0.2, -0.15) is 4.31 Å². The number of ether oxygens (including phenoxy) is 3. The Hall–Kier alpha value is -2.50. The lowest BCUT2D eigenvalue weighted by Gasteiger charge is -2.27. The van der Waals surface area contributed by atoms with Gasteiger partial charge in [0.2, 0.25) is 10.0 Å². The number of hydrogen-bond donors (Lipinski definition) is 1. The number of benzene rings is 2. The third kappa shape index (κ3) is 5.11. The van der Waals surface area contributed by atoms with E-state index in [9.17, 15) is 16.8 Å². The summed E-state index contributed by atoms with van der Waals surface area (Å²) in [5.74, 6) is 0.650. The molecule has 1 fully saturated rings. The van der Waals surface area contributed by atoms with Crippen LogP contribution >= 0.6 is 0 Å². The lowest BCUT2D eigenvalue weighted by Crippen LogP contribution is -2.35. The molecule has 0 radical (unpaired) electrons. The van der Waals surface area contributed by atoms with Crippen molar-refractivity contribution in [2.24, 2.45) is 0 Å². The summed E-state index contributed by atoms with van der Waals surface area (Å²) in [6.45, 7) is 2.87. The molecule has 32 heavy (non-hydrogen) atoms. The van der Waals surface area contributed by atoms with E-state index in [-0.39, 0.29) is 33.6 Å². The SMILES string of the molecule is CCOc1ccc(NS(=O)(=O)c2cc(OC)ccc2OC)cc1S(=O)(=O)N1CCCCC1. The van der Waals surface area contributed by atoms with Crippen molar-refractivity contribution < 1.29 is 31.0 Å². The Bertz CT molecular complexity index is 1160. The number of nitrogens with zero attached hydrogens (tertiary/aromatic N) is 1. The Morgan fingerprint density at radius 1 is 0.875 bits per heavy atom. The molecule has 0 unspecified atom stereocenters.